The third-order valence-corrected chi connectivity index (χ3v) is 10.3. The maximum atomic E-state index is 15.3. The van der Waals surface area contributed by atoms with E-state index in [0.29, 0.717) is 30.0 Å². The van der Waals surface area contributed by atoms with Crippen LogP contribution in [0.15, 0.2) is 95.9 Å². The largest absolute Gasteiger partial charge is 0.497 e. The van der Waals surface area contributed by atoms with Gasteiger partial charge in [0.1, 0.15) is 23.2 Å². The normalized spacial score (nSPS) is 17.2. The Labute approximate surface area is 267 Å². The van der Waals surface area contributed by atoms with Crippen molar-refractivity contribution in [2.45, 2.75) is 49.1 Å². The van der Waals surface area contributed by atoms with Crippen LogP contribution in [0.5, 0.6) is 5.75 Å². The van der Waals surface area contributed by atoms with Crippen LogP contribution in [0.2, 0.25) is 0 Å². The lowest BCUT2D eigenvalue weighted by molar-refractivity contribution is -0.116. The van der Waals surface area contributed by atoms with Crippen molar-refractivity contribution in [3.05, 3.63) is 125 Å². The van der Waals surface area contributed by atoms with Crippen LogP contribution < -0.4 is 15.4 Å². The van der Waals surface area contributed by atoms with E-state index < -0.39 is 45.3 Å². The van der Waals surface area contributed by atoms with Gasteiger partial charge in [-0.25, -0.2) is 21.6 Å². The van der Waals surface area contributed by atoms with Crippen LogP contribution in [-0.4, -0.2) is 50.9 Å². The van der Waals surface area contributed by atoms with Gasteiger partial charge < -0.3 is 15.4 Å². The Bertz CT molecular complexity index is 1740. The Morgan fingerprint density at radius 1 is 0.935 bits per heavy atom. The number of sulfonamides is 1. The van der Waals surface area contributed by atoms with Crippen molar-refractivity contribution >= 4 is 21.6 Å². The number of anilines is 1. The van der Waals surface area contributed by atoms with E-state index in [4.69, 9.17) is 4.74 Å². The maximum Gasteiger partial charge on any atom is 0.243 e. The number of methoxy groups -OCH3 is 1. The molecule has 0 bridgehead atoms. The van der Waals surface area contributed by atoms with Crippen LogP contribution in [0.25, 0.3) is 0 Å². The summed E-state index contributed by atoms with van der Waals surface area (Å²) < 4.78 is 77.7. The zero-order valence-corrected chi connectivity index (χ0v) is 26.4. The topological polar surface area (TPSA) is 87.7 Å². The second kappa shape index (κ2) is 14.5. The van der Waals surface area contributed by atoms with Gasteiger partial charge in [0.2, 0.25) is 15.9 Å². The summed E-state index contributed by atoms with van der Waals surface area (Å²) >= 11 is 0. The Morgan fingerprint density at radius 2 is 1.57 bits per heavy atom. The van der Waals surface area contributed by atoms with E-state index in [2.05, 4.69) is 10.6 Å². The van der Waals surface area contributed by atoms with E-state index in [-0.39, 0.29) is 41.5 Å². The number of amides is 1. The molecule has 0 aromatic heterocycles. The molecule has 0 saturated carbocycles. The van der Waals surface area contributed by atoms with Crippen LogP contribution >= 0.6 is 0 Å². The maximum absolute atomic E-state index is 15.3. The quantitative estimate of drug-likeness (QED) is 0.200. The van der Waals surface area contributed by atoms with Crippen molar-refractivity contribution in [2.24, 2.45) is 0 Å². The number of piperazine rings is 1. The predicted molar refractivity (Wildman–Crippen MR) is 171 cm³/mol. The van der Waals surface area contributed by atoms with Crippen LogP contribution in [0.1, 0.15) is 42.4 Å². The second-order valence-electron chi connectivity index (χ2n) is 11.4. The fourth-order valence-corrected chi connectivity index (χ4v) is 7.88. The summed E-state index contributed by atoms with van der Waals surface area (Å²) in [6, 6.07) is 21.3. The molecule has 1 saturated heterocycles. The monoisotopic (exact) mass is 651 g/mol. The summed E-state index contributed by atoms with van der Waals surface area (Å²) in [5, 5.41) is 6.07. The van der Waals surface area contributed by atoms with Gasteiger partial charge in [0, 0.05) is 48.8 Å². The van der Waals surface area contributed by atoms with Gasteiger partial charge in [0.05, 0.1) is 12.0 Å². The number of nitrogens with zero attached hydrogens (tertiary/aromatic N) is 1. The van der Waals surface area contributed by atoms with E-state index in [1.54, 1.807) is 30.3 Å². The molecule has 1 aliphatic rings. The molecular weight excluding hydrogens is 615 g/mol. The summed E-state index contributed by atoms with van der Waals surface area (Å²) in [6.07, 6.45) is 0.278. The highest BCUT2D eigenvalue weighted by atomic mass is 32.2. The van der Waals surface area contributed by atoms with Gasteiger partial charge in [-0.05, 0) is 91.6 Å². The molecule has 1 amide bonds. The summed E-state index contributed by atoms with van der Waals surface area (Å²) in [4.78, 5) is 13.5. The van der Waals surface area contributed by atoms with Crippen LogP contribution in [0.3, 0.4) is 0 Å². The minimum Gasteiger partial charge on any atom is -0.497 e. The molecular formula is C35H36F3N3O4S. The van der Waals surface area contributed by atoms with E-state index >= 15 is 4.39 Å². The number of hydrogen-bond acceptors (Lipinski definition) is 5. The Balaban J connectivity index is 1.35. The SMILES string of the molecule is COc1ccc(S(=O)(=O)N2C(C)CNCC2CCc2c(F)cccc2NC(=O)CC(c2cccc(F)c2)c2cccc(F)c2)cc1. The van der Waals surface area contributed by atoms with E-state index in [0.717, 1.165) is 0 Å². The van der Waals surface area contributed by atoms with Crippen LogP contribution in [0.4, 0.5) is 18.9 Å². The van der Waals surface area contributed by atoms with E-state index in [1.165, 1.54) is 72.1 Å². The lowest BCUT2D eigenvalue weighted by atomic mass is 9.88. The van der Waals surface area contributed by atoms with Crippen LogP contribution in [-0.2, 0) is 21.2 Å². The molecule has 0 radical (unpaired) electrons. The number of ether oxygens (including phenoxy) is 1. The van der Waals surface area contributed by atoms with Gasteiger partial charge in [0.15, 0.2) is 0 Å². The molecule has 4 aromatic carbocycles. The highest BCUT2D eigenvalue weighted by molar-refractivity contribution is 7.89. The first-order valence-electron chi connectivity index (χ1n) is 15.0. The molecule has 1 fully saturated rings. The van der Waals surface area contributed by atoms with Gasteiger partial charge in [-0.2, -0.15) is 4.31 Å². The molecule has 242 valence electrons. The number of benzene rings is 4. The zero-order valence-electron chi connectivity index (χ0n) is 25.6. The lowest BCUT2D eigenvalue weighted by Gasteiger charge is -2.40. The van der Waals surface area contributed by atoms with E-state index in [1.807, 2.05) is 6.92 Å². The van der Waals surface area contributed by atoms with Crippen molar-refractivity contribution in [1.82, 2.24) is 9.62 Å². The van der Waals surface area contributed by atoms with Crippen molar-refractivity contribution in [3.63, 3.8) is 0 Å². The molecule has 5 rings (SSSR count). The number of carbonyl (C=O) groups excluding carboxylic acids is 1. The fourth-order valence-electron chi connectivity index (χ4n) is 6.03. The molecule has 2 unspecified atom stereocenters. The molecule has 0 aliphatic carbocycles. The molecule has 4 aromatic rings. The highest BCUT2D eigenvalue weighted by Crippen LogP contribution is 2.32. The number of halogens is 3. The third kappa shape index (κ3) is 7.60. The van der Waals surface area contributed by atoms with Gasteiger partial charge in [-0.15, -0.1) is 0 Å². The first-order valence-corrected chi connectivity index (χ1v) is 16.5. The first kappa shape index (κ1) is 33.2. The third-order valence-electron chi connectivity index (χ3n) is 8.26. The molecule has 1 heterocycles. The van der Waals surface area contributed by atoms with Crippen molar-refractivity contribution in [3.8, 4) is 5.75 Å². The van der Waals surface area contributed by atoms with E-state index in [9.17, 15) is 22.0 Å². The highest BCUT2D eigenvalue weighted by Gasteiger charge is 2.38. The summed E-state index contributed by atoms with van der Waals surface area (Å²) in [5.41, 5.74) is 1.49. The Kier molecular flexibility index (Phi) is 10.5. The minimum atomic E-state index is -3.88. The average molecular weight is 652 g/mol. The molecule has 7 nitrogen and oxygen atoms in total. The number of carbonyl (C=O) groups is 1. The van der Waals surface area contributed by atoms with Gasteiger partial charge in [0.25, 0.3) is 0 Å². The molecule has 11 heteroatoms. The van der Waals surface area contributed by atoms with Crippen molar-refractivity contribution in [2.75, 3.05) is 25.5 Å². The summed E-state index contributed by atoms with van der Waals surface area (Å²) in [6.45, 7) is 2.66. The van der Waals surface area contributed by atoms with Gasteiger partial charge >= 0.3 is 0 Å². The fraction of sp³-hybridized carbons (Fsp3) is 0.286. The van der Waals surface area contributed by atoms with Gasteiger partial charge in [-0.1, -0.05) is 30.3 Å². The smallest absolute Gasteiger partial charge is 0.243 e. The molecule has 2 N–H and O–H groups in total. The number of nitrogens with one attached hydrogen (secondary N) is 2. The summed E-state index contributed by atoms with van der Waals surface area (Å²) in [7, 11) is -2.38. The van der Waals surface area contributed by atoms with Gasteiger partial charge in [-0.3, -0.25) is 4.79 Å². The van der Waals surface area contributed by atoms with Crippen molar-refractivity contribution < 1.29 is 31.1 Å². The standard InChI is InChI=1S/C35H36F3N3O4S/c1-23-21-39-22-28(41(23)46(43,44)30-15-13-29(45-2)14-16-30)12-17-31-33(38)10-5-11-34(31)40-35(42)20-32(24-6-3-8-26(36)18-24)25-7-4-9-27(37)19-25/h3-11,13-16,18-19,23,28,32,39H,12,17,20-22H2,1-2H3,(H,40,42). The molecule has 1 aliphatic heterocycles. The number of rotatable bonds is 11. The number of hydrogen-bond donors (Lipinski definition) is 2. The molecule has 0 spiro atoms. The predicted octanol–water partition coefficient (Wildman–Crippen LogP) is 6.26. The Hall–Kier alpha value is -4.19. The lowest BCUT2D eigenvalue weighted by Crippen LogP contribution is -2.58. The van der Waals surface area contributed by atoms with Crippen LogP contribution in [0, 0.1) is 17.5 Å². The van der Waals surface area contributed by atoms with Crippen molar-refractivity contribution in [1.29, 1.82) is 0 Å². The minimum absolute atomic E-state index is 0.136. The average Bonchev–Trinajstić information content (AvgIpc) is 3.03. The second-order valence-corrected chi connectivity index (χ2v) is 13.2. The molecule has 2 atom stereocenters. The molecule has 46 heavy (non-hydrogen) atoms. The Morgan fingerprint density at radius 3 is 2.17 bits per heavy atom. The summed E-state index contributed by atoms with van der Waals surface area (Å²) in [5.74, 6) is -2.10. The zero-order chi connectivity index (χ0) is 32.8. The first-order chi connectivity index (χ1) is 22.1.